The van der Waals surface area contributed by atoms with Crippen molar-refractivity contribution in [3.05, 3.63) is 46.7 Å². The number of nitrogens with two attached hydrogens (primary N) is 1. The molecule has 0 radical (unpaired) electrons. The average Bonchev–Trinajstić information content (AvgIpc) is 2.33. The van der Waals surface area contributed by atoms with E-state index in [0.717, 1.165) is 11.3 Å². The van der Waals surface area contributed by atoms with E-state index in [1.165, 1.54) is 0 Å². The Morgan fingerprint density at radius 3 is 2.83 bits per heavy atom. The van der Waals surface area contributed by atoms with Crippen molar-refractivity contribution >= 4 is 40.4 Å². The highest BCUT2D eigenvalue weighted by atomic mass is 35.5. The highest BCUT2D eigenvalue weighted by molar-refractivity contribution is 7.80. The molecule has 1 heterocycles. The van der Waals surface area contributed by atoms with Crippen LogP contribution >= 0.6 is 23.8 Å². The lowest BCUT2D eigenvalue weighted by atomic mass is 10.2. The van der Waals surface area contributed by atoms with Crippen LogP contribution in [0.2, 0.25) is 5.02 Å². The molecule has 0 fully saturated rings. The maximum atomic E-state index is 6.11. The van der Waals surface area contributed by atoms with Gasteiger partial charge in [0.2, 0.25) is 5.95 Å². The zero-order chi connectivity index (χ0) is 13.1. The third-order valence-corrected chi connectivity index (χ3v) is 2.80. The van der Waals surface area contributed by atoms with Crippen LogP contribution in [0.4, 0.5) is 11.6 Å². The Morgan fingerprint density at radius 1 is 1.39 bits per heavy atom. The van der Waals surface area contributed by atoms with Crippen LogP contribution in [-0.2, 0) is 0 Å². The molecule has 2 aromatic rings. The monoisotopic (exact) mass is 278 g/mol. The van der Waals surface area contributed by atoms with Gasteiger partial charge >= 0.3 is 0 Å². The number of hydrogen-bond acceptors (Lipinski definition) is 4. The third kappa shape index (κ3) is 2.94. The molecule has 0 atom stereocenters. The van der Waals surface area contributed by atoms with Crippen molar-refractivity contribution < 1.29 is 0 Å². The van der Waals surface area contributed by atoms with Crippen LogP contribution in [0.15, 0.2) is 30.5 Å². The molecule has 1 aromatic heterocycles. The van der Waals surface area contributed by atoms with Crippen molar-refractivity contribution in [3.63, 3.8) is 0 Å². The van der Waals surface area contributed by atoms with Gasteiger partial charge in [-0.25, -0.2) is 9.97 Å². The van der Waals surface area contributed by atoms with E-state index in [2.05, 4.69) is 15.3 Å². The van der Waals surface area contributed by atoms with Crippen LogP contribution in [0.25, 0.3) is 0 Å². The highest BCUT2D eigenvalue weighted by Crippen LogP contribution is 2.24. The van der Waals surface area contributed by atoms with Gasteiger partial charge in [-0.2, -0.15) is 0 Å². The van der Waals surface area contributed by atoms with Crippen molar-refractivity contribution in [2.75, 3.05) is 5.32 Å². The third-order valence-electron chi connectivity index (χ3n) is 2.28. The van der Waals surface area contributed by atoms with E-state index in [1.807, 2.05) is 25.1 Å². The number of halogens is 1. The van der Waals surface area contributed by atoms with Crippen LogP contribution in [0.1, 0.15) is 11.3 Å². The maximum Gasteiger partial charge on any atom is 0.227 e. The topological polar surface area (TPSA) is 63.8 Å². The van der Waals surface area contributed by atoms with Gasteiger partial charge in [-0.05, 0) is 30.7 Å². The first-order valence-electron chi connectivity index (χ1n) is 5.22. The first kappa shape index (κ1) is 12.7. The van der Waals surface area contributed by atoms with Crippen LogP contribution in [0, 0.1) is 6.92 Å². The van der Waals surface area contributed by atoms with Gasteiger partial charge in [0.25, 0.3) is 0 Å². The first-order valence-corrected chi connectivity index (χ1v) is 6.01. The molecule has 4 nitrogen and oxygen atoms in total. The molecular weight excluding hydrogens is 268 g/mol. The van der Waals surface area contributed by atoms with Crippen LogP contribution in [-0.4, -0.2) is 15.0 Å². The summed E-state index contributed by atoms with van der Waals surface area (Å²) in [5.74, 6) is 0.408. The van der Waals surface area contributed by atoms with Gasteiger partial charge in [-0.1, -0.05) is 29.9 Å². The second kappa shape index (κ2) is 5.29. The van der Waals surface area contributed by atoms with Gasteiger partial charge in [-0.15, -0.1) is 0 Å². The predicted octanol–water partition coefficient (Wildman–Crippen LogP) is 2.82. The summed E-state index contributed by atoms with van der Waals surface area (Å²) in [5, 5.41) is 3.64. The number of aryl methyl sites for hydroxylation is 1. The fourth-order valence-corrected chi connectivity index (χ4v) is 1.79. The number of hydrogen-bond donors (Lipinski definition) is 2. The number of nitrogens with zero attached hydrogens (tertiary/aromatic N) is 2. The molecule has 0 aliphatic rings. The summed E-state index contributed by atoms with van der Waals surface area (Å²) in [4.78, 5) is 8.50. The molecule has 92 valence electrons. The van der Waals surface area contributed by atoms with Crippen LogP contribution in [0.5, 0.6) is 0 Å². The predicted molar refractivity (Wildman–Crippen MR) is 77.4 cm³/mol. The van der Waals surface area contributed by atoms with Crippen LogP contribution in [0.3, 0.4) is 0 Å². The van der Waals surface area contributed by atoms with E-state index in [0.29, 0.717) is 16.7 Å². The summed E-state index contributed by atoms with van der Waals surface area (Å²) in [6, 6.07) is 7.34. The summed E-state index contributed by atoms with van der Waals surface area (Å²) in [6.07, 6.45) is 1.59. The summed E-state index contributed by atoms with van der Waals surface area (Å²) in [7, 11) is 0. The van der Waals surface area contributed by atoms with E-state index in [4.69, 9.17) is 29.6 Å². The Morgan fingerprint density at radius 2 is 2.17 bits per heavy atom. The second-order valence-electron chi connectivity index (χ2n) is 3.74. The molecule has 6 heteroatoms. The molecule has 1 aromatic carbocycles. The Hall–Kier alpha value is -1.72. The summed E-state index contributed by atoms with van der Waals surface area (Å²) in [6.45, 7) is 1.97. The van der Waals surface area contributed by atoms with E-state index in [1.54, 1.807) is 12.3 Å². The molecule has 0 aliphatic heterocycles. The minimum Gasteiger partial charge on any atom is -0.388 e. The van der Waals surface area contributed by atoms with Gasteiger partial charge < -0.3 is 11.1 Å². The number of aromatic nitrogens is 2. The quantitative estimate of drug-likeness (QED) is 0.845. The maximum absolute atomic E-state index is 6.11. The minimum atomic E-state index is 0.232. The lowest BCUT2D eigenvalue weighted by molar-refractivity contribution is 1.15. The summed E-state index contributed by atoms with van der Waals surface area (Å²) in [5.41, 5.74) is 7.86. The minimum absolute atomic E-state index is 0.232. The lowest BCUT2D eigenvalue weighted by Crippen LogP contribution is -2.12. The largest absolute Gasteiger partial charge is 0.388 e. The van der Waals surface area contributed by atoms with Crippen molar-refractivity contribution in [2.24, 2.45) is 5.73 Å². The van der Waals surface area contributed by atoms with Crippen molar-refractivity contribution in [3.8, 4) is 0 Å². The van der Waals surface area contributed by atoms with E-state index < -0.39 is 0 Å². The van der Waals surface area contributed by atoms with E-state index in [-0.39, 0.29) is 4.99 Å². The van der Waals surface area contributed by atoms with Gasteiger partial charge in [0.1, 0.15) is 10.7 Å². The number of rotatable bonds is 3. The van der Waals surface area contributed by atoms with Gasteiger partial charge in [-0.3, -0.25) is 0 Å². The molecule has 3 N–H and O–H groups in total. The van der Waals surface area contributed by atoms with E-state index >= 15 is 0 Å². The molecule has 0 saturated carbocycles. The van der Waals surface area contributed by atoms with Crippen LogP contribution < -0.4 is 11.1 Å². The van der Waals surface area contributed by atoms with Gasteiger partial charge in [0, 0.05) is 6.20 Å². The first-order chi connectivity index (χ1) is 8.56. The smallest absolute Gasteiger partial charge is 0.227 e. The standard InChI is InChI=1S/C12H11ClN4S/c1-7-2-3-9(8(13)6-7)16-12-15-5-4-10(17-12)11(14)18/h2-6H,1H3,(H2,14,18)(H,15,16,17). The summed E-state index contributed by atoms with van der Waals surface area (Å²) >= 11 is 11.0. The number of anilines is 2. The number of thiocarbonyl (C=S) groups is 1. The van der Waals surface area contributed by atoms with Crippen molar-refractivity contribution in [1.82, 2.24) is 9.97 Å². The molecule has 0 bridgehead atoms. The number of nitrogens with one attached hydrogen (secondary N) is 1. The summed E-state index contributed by atoms with van der Waals surface area (Å²) < 4.78 is 0. The van der Waals surface area contributed by atoms with E-state index in [9.17, 15) is 0 Å². The Labute approximate surface area is 115 Å². The Balaban J connectivity index is 2.28. The van der Waals surface area contributed by atoms with Crippen molar-refractivity contribution in [1.29, 1.82) is 0 Å². The highest BCUT2D eigenvalue weighted by Gasteiger charge is 2.05. The zero-order valence-electron chi connectivity index (χ0n) is 9.64. The second-order valence-corrected chi connectivity index (χ2v) is 4.59. The molecule has 2 rings (SSSR count). The molecule has 0 amide bonds. The zero-order valence-corrected chi connectivity index (χ0v) is 11.2. The SMILES string of the molecule is Cc1ccc(Nc2nccc(C(N)=S)n2)c(Cl)c1. The normalized spacial score (nSPS) is 10.1. The fraction of sp³-hybridized carbons (Fsp3) is 0.0833. The Kier molecular flexibility index (Phi) is 3.74. The Bertz CT molecular complexity index is 600. The molecule has 0 spiro atoms. The number of benzene rings is 1. The molecule has 18 heavy (non-hydrogen) atoms. The van der Waals surface area contributed by atoms with Crippen molar-refractivity contribution in [2.45, 2.75) is 6.92 Å². The molecule has 0 saturated heterocycles. The van der Waals surface area contributed by atoms with Gasteiger partial charge in [0.15, 0.2) is 0 Å². The van der Waals surface area contributed by atoms with Gasteiger partial charge in [0.05, 0.1) is 10.7 Å². The molecule has 0 aliphatic carbocycles. The molecular formula is C12H11ClN4S. The average molecular weight is 279 g/mol. The molecule has 0 unspecified atom stereocenters. The lowest BCUT2D eigenvalue weighted by Gasteiger charge is -2.08. The fourth-order valence-electron chi connectivity index (χ4n) is 1.40.